The summed E-state index contributed by atoms with van der Waals surface area (Å²) in [5.41, 5.74) is 6.43. The molecule has 0 radical (unpaired) electrons. The molecule has 0 saturated carbocycles. The lowest BCUT2D eigenvalue weighted by Crippen LogP contribution is -2.36. The van der Waals surface area contributed by atoms with Gasteiger partial charge in [-0.1, -0.05) is 32.9 Å². The minimum absolute atomic E-state index is 0.0203. The van der Waals surface area contributed by atoms with Crippen molar-refractivity contribution in [2.24, 2.45) is 0 Å². The molecule has 0 unspecified atom stereocenters. The van der Waals surface area contributed by atoms with Crippen LogP contribution in [0.5, 0.6) is 0 Å². The summed E-state index contributed by atoms with van der Waals surface area (Å²) >= 11 is 0. The molecule has 0 fully saturated rings. The normalized spacial score (nSPS) is 9.72. The summed E-state index contributed by atoms with van der Waals surface area (Å²) in [6.45, 7) is 6.05. The second-order valence-electron chi connectivity index (χ2n) is 3.63. The average Bonchev–Trinajstić information content (AvgIpc) is 2.46. The highest BCUT2D eigenvalue weighted by Gasteiger charge is 2.17. The van der Waals surface area contributed by atoms with Crippen LogP contribution in [0.1, 0.15) is 26.3 Å². The summed E-state index contributed by atoms with van der Waals surface area (Å²) in [6.07, 6.45) is 0.914. The van der Waals surface area contributed by atoms with Gasteiger partial charge in [-0.2, -0.15) is 0 Å². The Bertz CT molecular complexity index is 596. The molecule has 4 heteroatoms. The van der Waals surface area contributed by atoms with E-state index >= 15 is 0 Å². The third-order valence-corrected chi connectivity index (χ3v) is 2.55. The molecule has 0 atom stereocenters. The smallest absolute Gasteiger partial charge is 0.253 e. The van der Waals surface area contributed by atoms with E-state index in [2.05, 4.69) is 5.32 Å². The quantitative estimate of drug-likeness (QED) is 0.814. The number of hydrogen-bond donors (Lipinski definition) is 2. The van der Waals surface area contributed by atoms with E-state index in [-0.39, 0.29) is 11.4 Å². The molecule has 2 rings (SSSR count). The minimum Gasteiger partial charge on any atom is -0.394 e. The predicted molar refractivity (Wildman–Crippen MR) is 76.2 cm³/mol. The van der Waals surface area contributed by atoms with Crippen molar-refractivity contribution in [2.45, 2.75) is 27.2 Å². The van der Waals surface area contributed by atoms with Crippen molar-refractivity contribution in [1.82, 2.24) is 0 Å². The molecule has 0 amide bonds. The van der Waals surface area contributed by atoms with E-state index in [0.717, 1.165) is 17.7 Å². The minimum atomic E-state index is -0.603. The van der Waals surface area contributed by atoms with Crippen molar-refractivity contribution in [2.75, 3.05) is 11.1 Å². The molecule has 0 spiro atoms. The number of anilines is 3. The predicted octanol–water partition coefficient (Wildman–Crippen LogP) is 2.20. The van der Waals surface area contributed by atoms with Gasteiger partial charge in [0.25, 0.3) is 10.9 Å². The largest absolute Gasteiger partial charge is 0.394 e. The fourth-order valence-electron chi connectivity index (χ4n) is 1.55. The highest BCUT2D eigenvalue weighted by Crippen LogP contribution is 2.19. The monoisotopic (exact) mass is 246 g/mol. The first-order chi connectivity index (χ1) is 8.63. The van der Waals surface area contributed by atoms with Gasteiger partial charge in [0.2, 0.25) is 0 Å². The van der Waals surface area contributed by atoms with Crippen LogP contribution in [0.15, 0.2) is 33.9 Å². The SMILES string of the molecule is CC.CCc1cccc(Nc2c(N)c(=O)c2=O)c1. The van der Waals surface area contributed by atoms with Gasteiger partial charge in [-0.05, 0) is 24.1 Å². The third kappa shape index (κ3) is 2.59. The number of nitrogen functional groups attached to an aromatic ring is 1. The van der Waals surface area contributed by atoms with Crippen molar-refractivity contribution in [3.05, 3.63) is 50.3 Å². The summed E-state index contributed by atoms with van der Waals surface area (Å²) in [5.74, 6) is 0. The van der Waals surface area contributed by atoms with Crippen molar-refractivity contribution in [1.29, 1.82) is 0 Å². The van der Waals surface area contributed by atoms with Gasteiger partial charge in [-0.25, -0.2) is 0 Å². The van der Waals surface area contributed by atoms with Gasteiger partial charge in [0.1, 0.15) is 11.4 Å². The fourth-order valence-corrected chi connectivity index (χ4v) is 1.55. The summed E-state index contributed by atoms with van der Waals surface area (Å²) in [6, 6.07) is 7.64. The lowest BCUT2D eigenvalue weighted by Gasteiger charge is -2.10. The Morgan fingerprint density at radius 3 is 2.39 bits per heavy atom. The van der Waals surface area contributed by atoms with Crippen LogP contribution in [0.25, 0.3) is 0 Å². The van der Waals surface area contributed by atoms with Crippen molar-refractivity contribution >= 4 is 17.1 Å². The number of rotatable bonds is 3. The molecular weight excluding hydrogens is 228 g/mol. The number of hydrogen-bond acceptors (Lipinski definition) is 4. The summed E-state index contributed by atoms with van der Waals surface area (Å²) in [4.78, 5) is 22.1. The first kappa shape index (κ1) is 14.0. The summed E-state index contributed by atoms with van der Waals surface area (Å²) in [7, 11) is 0. The van der Waals surface area contributed by atoms with Gasteiger partial charge in [0.15, 0.2) is 0 Å². The Hall–Kier alpha value is -2.10. The Kier molecular flexibility index (Phi) is 4.66. The molecule has 96 valence electrons. The maximum absolute atomic E-state index is 11.2. The lowest BCUT2D eigenvalue weighted by atomic mass is 10.1. The van der Waals surface area contributed by atoms with E-state index in [1.54, 1.807) is 0 Å². The molecule has 0 heterocycles. The molecule has 0 saturated heterocycles. The van der Waals surface area contributed by atoms with Crippen LogP contribution < -0.4 is 21.9 Å². The van der Waals surface area contributed by atoms with Crippen LogP contribution in [-0.4, -0.2) is 0 Å². The second kappa shape index (κ2) is 6.00. The maximum Gasteiger partial charge on any atom is 0.253 e. The molecule has 3 N–H and O–H groups in total. The van der Waals surface area contributed by atoms with Crippen molar-refractivity contribution in [3.63, 3.8) is 0 Å². The Morgan fingerprint density at radius 2 is 1.83 bits per heavy atom. The van der Waals surface area contributed by atoms with E-state index in [0.29, 0.717) is 0 Å². The maximum atomic E-state index is 11.2. The highest BCUT2D eigenvalue weighted by molar-refractivity contribution is 5.76. The average molecular weight is 246 g/mol. The standard InChI is InChI=1S/C12H12N2O2.C2H6/c1-2-7-4-3-5-8(6-7)14-10-9(13)11(15)12(10)16;1-2/h3-6,14H,2,13H2,1H3;1-2H3. The zero-order valence-electron chi connectivity index (χ0n) is 10.9. The van der Waals surface area contributed by atoms with Gasteiger partial charge in [-0.3, -0.25) is 9.59 Å². The van der Waals surface area contributed by atoms with Crippen molar-refractivity contribution < 1.29 is 0 Å². The van der Waals surface area contributed by atoms with E-state index in [4.69, 9.17) is 5.73 Å². The lowest BCUT2D eigenvalue weighted by molar-refractivity contribution is 1.14. The summed E-state index contributed by atoms with van der Waals surface area (Å²) < 4.78 is 0. The van der Waals surface area contributed by atoms with Gasteiger partial charge in [-0.15, -0.1) is 0 Å². The van der Waals surface area contributed by atoms with E-state index in [9.17, 15) is 9.59 Å². The molecule has 2 aromatic carbocycles. The Labute approximate surface area is 106 Å². The number of aryl methyl sites for hydroxylation is 1. The first-order valence-corrected chi connectivity index (χ1v) is 6.08. The van der Waals surface area contributed by atoms with Gasteiger partial charge >= 0.3 is 0 Å². The number of nitrogens with one attached hydrogen (secondary N) is 1. The van der Waals surface area contributed by atoms with Crippen LogP contribution in [0, 0.1) is 0 Å². The molecule has 0 aliphatic heterocycles. The second-order valence-corrected chi connectivity index (χ2v) is 3.63. The van der Waals surface area contributed by atoms with Crippen molar-refractivity contribution in [3.8, 4) is 0 Å². The zero-order chi connectivity index (χ0) is 13.7. The van der Waals surface area contributed by atoms with Crippen LogP contribution in [-0.2, 0) is 6.42 Å². The molecule has 0 bridgehead atoms. The molecule has 2 aromatic rings. The van der Waals surface area contributed by atoms with E-state index in [1.807, 2.05) is 45.0 Å². The molecule has 4 nitrogen and oxygen atoms in total. The third-order valence-electron chi connectivity index (χ3n) is 2.55. The molecular formula is C14H18N2O2. The molecule has 0 aliphatic rings. The van der Waals surface area contributed by atoms with Gasteiger partial charge < -0.3 is 11.1 Å². The Morgan fingerprint density at radius 1 is 1.17 bits per heavy atom. The Balaban J connectivity index is 0.000000771. The topological polar surface area (TPSA) is 72.2 Å². The number of benzene rings is 1. The summed E-state index contributed by atoms with van der Waals surface area (Å²) in [5, 5.41) is 2.87. The fraction of sp³-hybridized carbons (Fsp3) is 0.286. The molecule has 0 aliphatic carbocycles. The van der Waals surface area contributed by atoms with E-state index < -0.39 is 10.9 Å². The van der Waals surface area contributed by atoms with Crippen LogP contribution in [0.2, 0.25) is 0 Å². The molecule has 0 aromatic heterocycles. The van der Waals surface area contributed by atoms with Gasteiger partial charge in [0.05, 0.1) is 0 Å². The highest BCUT2D eigenvalue weighted by atomic mass is 16.2. The number of nitrogens with two attached hydrogens (primary N) is 1. The van der Waals surface area contributed by atoms with Crippen LogP contribution in [0.3, 0.4) is 0 Å². The molecule has 18 heavy (non-hydrogen) atoms. The zero-order valence-corrected chi connectivity index (χ0v) is 10.9. The van der Waals surface area contributed by atoms with E-state index in [1.165, 1.54) is 0 Å². The van der Waals surface area contributed by atoms with Crippen LogP contribution in [0.4, 0.5) is 17.1 Å². The first-order valence-electron chi connectivity index (χ1n) is 6.08. The van der Waals surface area contributed by atoms with Crippen LogP contribution >= 0.6 is 0 Å². The van der Waals surface area contributed by atoms with Gasteiger partial charge in [0, 0.05) is 5.69 Å².